The summed E-state index contributed by atoms with van der Waals surface area (Å²) in [5.74, 6) is -0.192. The second-order valence-corrected chi connectivity index (χ2v) is 7.70. The molecule has 0 aliphatic heterocycles. The van der Waals surface area contributed by atoms with Crippen molar-refractivity contribution in [1.82, 2.24) is 0 Å². The average molecular weight is 393 g/mol. The smallest absolute Gasteiger partial charge is 0.267 e. The second kappa shape index (κ2) is 7.43. The van der Waals surface area contributed by atoms with E-state index in [1.54, 1.807) is 0 Å². The van der Waals surface area contributed by atoms with Gasteiger partial charge in [-0.25, -0.2) is 0 Å². The van der Waals surface area contributed by atoms with Gasteiger partial charge in [0.15, 0.2) is 0 Å². The number of carbonyl (C=O) groups is 1. The van der Waals surface area contributed by atoms with Crippen LogP contribution in [0.15, 0.2) is 72.8 Å². The topological polar surface area (TPSA) is 41.1 Å². The lowest BCUT2D eigenvalue weighted by Crippen LogP contribution is -2.10. The van der Waals surface area contributed by atoms with Crippen LogP contribution in [0, 0.1) is 6.92 Å². The molecule has 5 heteroatoms. The number of halogens is 1. The Balaban J connectivity index is 1.50. The van der Waals surface area contributed by atoms with Gasteiger partial charge >= 0.3 is 0 Å². The van der Waals surface area contributed by atoms with Gasteiger partial charge in [0.25, 0.3) is 5.91 Å². The summed E-state index contributed by atoms with van der Waals surface area (Å²) in [7, 11) is 0. The maximum Gasteiger partial charge on any atom is 0.267 e. The summed E-state index contributed by atoms with van der Waals surface area (Å²) in [4.78, 5) is 13.2. The van der Waals surface area contributed by atoms with Gasteiger partial charge in [-0.2, -0.15) is 0 Å². The average Bonchev–Trinajstić information content (AvgIpc) is 3.00. The van der Waals surface area contributed by atoms with Gasteiger partial charge in [-0.05, 0) is 55.0 Å². The Labute approximate surface area is 166 Å². The largest absolute Gasteiger partial charge is 0.356 e. The third-order valence-corrected chi connectivity index (χ3v) is 5.85. The van der Waals surface area contributed by atoms with E-state index in [1.807, 2.05) is 79.7 Å². The van der Waals surface area contributed by atoms with Gasteiger partial charge in [-0.3, -0.25) is 4.79 Å². The van der Waals surface area contributed by atoms with Crippen LogP contribution in [0.1, 0.15) is 15.2 Å². The minimum absolute atomic E-state index is 0.192. The van der Waals surface area contributed by atoms with Gasteiger partial charge in [0.05, 0.1) is 5.02 Å². The molecule has 0 aliphatic rings. The van der Waals surface area contributed by atoms with Crippen molar-refractivity contribution < 1.29 is 4.79 Å². The van der Waals surface area contributed by atoms with E-state index in [4.69, 9.17) is 11.6 Å². The van der Waals surface area contributed by atoms with Gasteiger partial charge in [0.2, 0.25) is 0 Å². The lowest BCUT2D eigenvalue weighted by atomic mass is 10.2. The van der Waals surface area contributed by atoms with E-state index in [1.165, 1.54) is 11.3 Å². The van der Waals surface area contributed by atoms with Gasteiger partial charge in [-0.15, -0.1) is 11.3 Å². The molecule has 0 saturated carbocycles. The molecular formula is C22H17ClN2OS. The molecule has 4 aromatic rings. The molecule has 1 amide bonds. The fourth-order valence-corrected chi connectivity index (χ4v) is 4.34. The highest BCUT2D eigenvalue weighted by Crippen LogP contribution is 2.36. The number of amides is 1. The summed E-state index contributed by atoms with van der Waals surface area (Å²) < 4.78 is 1.02. The highest BCUT2D eigenvalue weighted by Gasteiger charge is 2.17. The van der Waals surface area contributed by atoms with Crippen molar-refractivity contribution in [2.75, 3.05) is 10.6 Å². The predicted molar refractivity (Wildman–Crippen MR) is 116 cm³/mol. The first kappa shape index (κ1) is 17.6. The number of benzene rings is 3. The number of carbonyl (C=O) groups excluding carboxylic acids is 1. The van der Waals surface area contributed by atoms with Gasteiger partial charge in [-0.1, -0.05) is 41.9 Å². The van der Waals surface area contributed by atoms with Crippen molar-refractivity contribution in [3.63, 3.8) is 0 Å². The number of aryl methyl sites for hydroxylation is 1. The van der Waals surface area contributed by atoms with E-state index in [0.717, 1.165) is 32.7 Å². The fraction of sp³-hybridized carbons (Fsp3) is 0.0455. The Morgan fingerprint density at radius 2 is 1.56 bits per heavy atom. The SMILES string of the molecule is Cc1ccc2c(Cl)c(C(=O)Nc3ccc(Nc4ccccc4)cc3)sc2c1. The first-order valence-electron chi connectivity index (χ1n) is 8.52. The van der Waals surface area contributed by atoms with E-state index in [9.17, 15) is 4.79 Å². The zero-order valence-electron chi connectivity index (χ0n) is 14.6. The Morgan fingerprint density at radius 1 is 0.889 bits per heavy atom. The molecule has 0 unspecified atom stereocenters. The highest BCUT2D eigenvalue weighted by molar-refractivity contribution is 7.21. The Kier molecular flexibility index (Phi) is 4.84. The summed E-state index contributed by atoms with van der Waals surface area (Å²) in [6, 6.07) is 23.5. The van der Waals surface area contributed by atoms with E-state index in [2.05, 4.69) is 10.6 Å². The number of nitrogens with one attached hydrogen (secondary N) is 2. The molecule has 3 nitrogen and oxygen atoms in total. The van der Waals surface area contributed by atoms with Crippen LogP contribution >= 0.6 is 22.9 Å². The molecule has 1 heterocycles. The first-order chi connectivity index (χ1) is 13.1. The number of rotatable bonds is 4. The van der Waals surface area contributed by atoms with Crippen molar-refractivity contribution in [2.24, 2.45) is 0 Å². The zero-order valence-corrected chi connectivity index (χ0v) is 16.2. The molecule has 1 aromatic heterocycles. The molecular weight excluding hydrogens is 376 g/mol. The predicted octanol–water partition coefficient (Wildman–Crippen LogP) is 6.86. The summed E-state index contributed by atoms with van der Waals surface area (Å²) in [6.45, 7) is 2.03. The van der Waals surface area contributed by atoms with Gasteiger partial charge < -0.3 is 10.6 Å². The first-order valence-corrected chi connectivity index (χ1v) is 9.72. The summed E-state index contributed by atoms with van der Waals surface area (Å²) in [5.41, 5.74) is 3.84. The van der Waals surface area contributed by atoms with Crippen molar-refractivity contribution in [3.05, 3.63) is 88.3 Å². The minimum atomic E-state index is -0.192. The number of fused-ring (bicyclic) bond motifs is 1. The van der Waals surface area contributed by atoms with E-state index in [-0.39, 0.29) is 5.91 Å². The molecule has 2 N–H and O–H groups in total. The van der Waals surface area contributed by atoms with Crippen LogP contribution < -0.4 is 10.6 Å². The molecule has 0 aliphatic carbocycles. The molecule has 27 heavy (non-hydrogen) atoms. The molecule has 0 atom stereocenters. The Morgan fingerprint density at radius 3 is 2.30 bits per heavy atom. The summed E-state index contributed by atoms with van der Waals surface area (Å²) >= 11 is 7.84. The molecule has 4 rings (SSSR count). The number of hydrogen-bond acceptors (Lipinski definition) is 3. The summed E-state index contributed by atoms with van der Waals surface area (Å²) in [5, 5.41) is 7.67. The second-order valence-electron chi connectivity index (χ2n) is 6.27. The van der Waals surface area contributed by atoms with Crippen molar-refractivity contribution in [2.45, 2.75) is 6.92 Å². The van der Waals surface area contributed by atoms with E-state index >= 15 is 0 Å². The molecule has 0 bridgehead atoms. The number of hydrogen-bond donors (Lipinski definition) is 2. The standard InChI is InChI=1S/C22H17ClN2OS/c1-14-7-12-18-19(13-14)27-21(20(18)23)22(26)25-17-10-8-16(9-11-17)24-15-5-3-2-4-6-15/h2-13,24H,1H3,(H,25,26). The molecule has 0 radical (unpaired) electrons. The maximum atomic E-state index is 12.7. The number of para-hydroxylation sites is 1. The molecule has 0 spiro atoms. The van der Waals surface area contributed by atoms with Crippen LogP contribution in [-0.2, 0) is 0 Å². The Hall–Kier alpha value is -2.82. The van der Waals surface area contributed by atoms with Crippen LogP contribution in [-0.4, -0.2) is 5.91 Å². The normalized spacial score (nSPS) is 10.7. The van der Waals surface area contributed by atoms with Crippen LogP contribution in [0.5, 0.6) is 0 Å². The maximum absolute atomic E-state index is 12.7. The van der Waals surface area contributed by atoms with Gasteiger partial charge in [0.1, 0.15) is 4.88 Å². The third kappa shape index (κ3) is 3.82. The van der Waals surface area contributed by atoms with Crippen LogP contribution in [0.4, 0.5) is 17.1 Å². The van der Waals surface area contributed by atoms with Crippen LogP contribution in [0.3, 0.4) is 0 Å². The molecule has 0 fully saturated rings. The number of thiophene rings is 1. The molecule has 134 valence electrons. The minimum Gasteiger partial charge on any atom is -0.356 e. The fourth-order valence-electron chi connectivity index (χ4n) is 2.83. The van der Waals surface area contributed by atoms with Crippen LogP contribution in [0.25, 0.3) is 10.1 Å². The zero-order chi connectivity index (χ0) is 18.8. The van der Waals surface area contributed by atoms with Gasteiger partial charge in [0, 0.05) is 27.1 Å². The monoisotopic (exact) mass is 392 g/mol. The van der Waals surface area contributed by atoms with Crippen molar-refractivity contribution in [1.29, 1.82) is 0 Å². The third-order valence-electron chi connectivity index (χ3n) is 4.20. The van der Waals surface area contributed by atoms with Crippen molar-refractivity contribution >= 4 is 56.0 Å². The summed E-state index contributed by atoms with van der Waals surface area (Å²) in [6.07, 6.45) is 0. The molecule has 3 aromatic carbocycles. The van der Waals surface area contributed by atoms with E-state index < -0.39 is 0 Å². The van der Waals surface area contributed by atoms with Crippen LogP contribution in [0.2, 0.25) is 5.02 Å². The van der Waals surface area contributed by atoms with Crippen molar-refractivity contribution in [3.8, 4) is 0 Å². The molecule has 0 saturated heterocycles. The lowest BCUT2D eigenvalue weighted by molar-refractivity contribution is 0.103. The highest BCUT2D eigenvalue weighted by atomic mass is 35.5. The quantitative estimate of drug-likeness (QED) is 0.398. The lowest BCUT2D eigenvalue weighted by Gasteiger charge is -2.08. The van der Waals surface area contributed by atoms with E-state index in [0.29, 0.717) is 9.90 Å². The Bertz CT molecular complexity index is 1100. The number of anilines is 3.